The zero-order valence-electron chi connectivity index (χ0n) is 20.7. The molecule has 0 bridgehead atoms. The summed E-state index contributed by atoms with van der Waals surface area (Å²) in [5.41, 5.74) is 0.381. The van der Waals surface area contributed by atoms with Crippen molar-refractivity contribution in [2.24, 2.45) is 0 Å². The summed E-state index contributed by atoms with van der Waals surface area (Å²) in [4.78, 5) is 37.2. The Bertz CT molecular complexity index is 1570. The second-order valence-electron chi connectivity index (χ2n) is 9.78. The minimum Gasteiger partial charge on any atom is -0.480 e. The van der Waals surface area contributed by atoms with Crippen LogP contribution in [0.4, 0.5) is 10.1 Å². The highest BCUT2D eigenvalue weighted by molar-refractivity contribution is 7.92. The summed E-state index contributed by atoms with van der Waals surface area (Å²) in [6.45, 7) is -0.618. The van der Waals surface area contributed by atoms with Crippen LogP contribution in [-0.4, -0.2) is 56.7 Å². The predicted octanol–water partition coefficient (Wildman–Crippen LogP) is 2.98. The third-order valence-electron chi connectivity index (χ3n) is 6.91. The number of carboxylic acid groups (broad SMARTS) is 1. The Kier molecular flexibility index (Phi) is 6.17. The molecule has 2 aliphatic carbocycles. The van der Waals surface area contributed by atoms with E-state index in [9.17, 15) is 32.3 Å². The Hall–Kier alpha value is -3.93. The van der Waals surface area contributed by atoms with Crippen LogP contribution in [0.1, 0.15) is 47.5 Å². The van der Waals surface area contributed by atoms with Gasteiger partial charge in [-0.25, -0.2) is 17.6 Å². The molecule has 0 spiro atoms. The van der Waals surface area contributed by atoms with E-state index in [0.717, 1.165) is 23.4 Å². The van der Waals surface area contributed by atoms with Gasteiger partial charge in [-0.2, -0.15) is 0 Å². The molecule has 3 aromatic rings. The van der Waals surface area contributed by atoms with E-state index in [0.29, 0.717) is 16.5 Å². The lowest BCUT2D eigenvalue weighted by atomic mass is 10.0. The Balaban J connectivity index is 1.64. The van der Waals surface area contributed by atoms with E-state index in [1.165, 1.54) is 37.4 Å². The normalized spacial score (nSPS) is 16.2. The Morgan fingerprint density at radius 3 is 2.34 bits per heavy atom. The van der Waals surface area contributed by atoms with E-state index in [2.05, 4.69) is 10.6 Å². The van der Waals surface area contributed by atoms with Crippen LogP contribution in [0.25, 0.3) is 22.3 Å². The maximum Gasteiger partial charge on any atom is 0.329 e. The van der Waals surface area contributed by atoms with Crippen molar-refractivity contribution in [2.75, 3.05) is 24.2 Å². The molecule has 2 saturated carbocycles. The quantitative estimate of drug-likeness (QED) is 0.376. The highest BCUT2D eigenvalue weighted by Gasteiger charge is 2.51. The SMILES string of the molecule is CNC(=O)c1c(-c2ccc(F)cc2)oc2cc(N(CC(=O)NC3(C(=O)O)CC3)S(C)(=O)=O)c(C3CC3)cc12. The van der Waals surface area contributed by atoms with Gasteiger partial charge in [-0.05, 0) is 67.5 Å². The molecule has 0 atom stereocenters. The van der Waals surface area contributed by atoms with Crippen molar-refractivity contribution in [3.8, 4) is 11.3 Å². The summed E-state index contributed by atoms with van der Waals surface area (Å²) in [5.74, 6) is -2.59. The van der Waals surface area contributed by atoms with Gasteiger partial charge < -0.3 is 20.2 Å². The predicted molar refractivity (Wildman–Crippen MR) is 137 cm³/mol. The molecule has 0 saturated heterocycles. The highest BCUT2D eigenvalue weighted by Crippen LogP contribution is 2.48. The maximum atomic E-state index is 13.6. The largest absolute Gasteiger partial charge is 0.480 e. The van der Waals surface area contributed by atoms with Crippen LogP contribution in [0.2, 0.25) is 0 Å². The fourth-order valence-electron chi connectivity index (χ4n) is 4.58. The zero-order chi connectivity index (χ0) is 27.4. The van der Waals surface area contributed by atoms with Crippen molar-refractivity contribution in [1.29, 1.82) is 0 Å². The van der Waals surface area contributed by atoms with E-state index >= 15 is 0 Å². The smallest absolute Gasteiger partial charge is 0.329 e. The van der Waals surface area contributed by atoms with Crippen molar-refractivity contribution in [2.45, 2.75) is 37.1 Å². The second-order valence-corrected chi connectivity index (χ2v) is 11.7. The standard InChI is InChI=1S/C26H26FN3O7S/c1-28-24(32)22-18-11-17(14-3-4-14)19(12-20(18)37-23(22)15-5-7-16(27)8-6-15)30(38(2,35)36)13-21(31)29-26(9-10-26)25(33)34/h5-8,11-12,14H,3-4,9-10,13H2,1-2H3,(H,28,32)(H,29,31)(H,33,34). The zero-order valence-corrected chi connectivity index (χ0v) is 21.5. The van der Waals surface area contributed by atoms with E-state index in [4.69, 9.17) is 4.42 Å². The van der Waals surface area contributed by atoms with E-state index in [1.807, 2.05) is 0 Å². The van der Waals surface area contributed by atoms with Gasteiger partial charge in [0.1, 0.15) is 29.2 Å². The summed E-state index contributed by atoms with van der Waals surface area (Å²) in [5, 5.41) is 14.9. The van der Waals surface area contributed by atoms with Gasteiger partial charge in [0.15, 0.2) is 0 Å². The number of aliphatic carboxylic acids is 1. The Morgan fingerprint density at radius 1 is 1.16 bits per heavy atom. The van der Waals surface area contributed by atoms with Crippen molar-refractivity contribution >= 4 is 44.5 Å². The molecule has 1 heterocycles. The lowest BCUT2D eigenvalue weighted by Gasteiger charge is -2.25. The van der Waals surface area contributed by atoms with Gasteiger partial charge >= 0.3 is 5.97 Å². The molecule has 2 aromatic carbocycles. The van der Waals surface area contributed by atoms with Gasteiger partial charge in [0.25, 0.3) is 5.91 Å². The van der Waals surface area contributed by atoms with Gasteiger partial charge in [-0.1, -0.05) is 0 Å². The topological polar surface area (TPSA) is 146 Å². The van der Waals surface area contributed by atoms with Crippen LogP contribution < -0.4 is 14.9 Å². The molecule has 1 aromatic heterocycles. The van der Waals surface area contributed by atoms with Crippen molar-refractivity contribution in [1.82, 2.24) is 10.6 Å². The van der Waals surface area contributed by atoms with E-state index < -0.39 is 45.7 Å². The molecule has 2 amide bonds. The molecule has 2 fully saturated rings. The third kappa shape index (κ3) is 4.71. The van der Waals surface area contributed by atoms with E-state index in [1.54, 1.807) is 6.07 Å². The second kappa shape index (κ2) is 9.12. The number of nitrogens with one attached hydrogen (secondary N) is 2. The van der Waals surface area contributed by atoms with Gasteiger partial charge in [-0.3, -0.25) is 13.9 Å². The third-order valence-corrected chi connectivity index (χ3v) is 8.04. The Labute approximate surface area is 217 Å². The van der Waals surface area contributed by atoms with Crippen LogP contribution in [0.15, 0.2) is 40.8 Å². The number of hydrogen-bond donors (Lipinski definition) is 3. The number of halogens is 1. The number of amides is 2. The minimum atomic E-state index is -3.98. The molecule has 3 N–H and O–H groups in total. The monoisotopic (exact) mass is 543 g/mol. The fourth-order valence-corrected chi connectivity index (χ4v) is 5.44. The first kappa shape index (κ1) is 25.7. The molecular formula is C26H26FN3O7S. The first-order valence-electron chi connectivity index (χ1n) is 12.0. The summed E-state index contributed by atoms with van der Waals surface area (Å²) in [6.07, 6.45) is 3.10. The number of rotatable bonds is 9. The average molecular weight is 544 g/mol. The number of benzene rings is 2. The molecule has 200 valence electrons. The number of carbonyl (C=O) groups is 3. The molecule has 12 heteroatoms. The van der Waals surface area contributed by atoms with Crippen LogP contribution >= 0.6 is 0 Å². The molecule has 0 radical (unpaired) electrons. The van der Waals surface area contributed by atoms with E-state index in [-0.39, 0.29) is 41.4 Å². The number of nitrogens with zero attached hydrogens (tertiary/aromatic N) is 1. The highest BCUT2D eigenvalue weighted by atomic mass is 32.2. The molecule has 10 nitrogen and oxygen atoms in total. The Morgan fingerprint density at radius 2 is 1.82 bits per heavy atom. The maximum absolute atomic E-state index is 13.6. The summed E-state index contributed by atoms with van der Waals surface area (Å²) >= 11 is 0. The van der Waals surface area contributed by atoms with Crippen LogP contribution in [0.3, 0.4) is 0 Å². The lowest BCUT2D eigenvalue weighted by molar-refractivity contribution is -0.142. The lowest BCUT2D eigenvalue weighted by Crippen LogP contribution is -2.48. The molecule has 2 aliphatic rings. The van der Waals surface area contributed by atoms with Gasteiger partial charge in [0, 0.05) is 24.1 Å². The number of furan rings is 1. The van der Waals surface area contributed by atoms with Crippen molar-refractivity contribution < 1.29 is 36.7 Å². The fraction of sp³-hybridized carbons (Fsp3) is 0.346. The molecule has 0 aliphatic heterocycles. The molecule has 0 unspecified atom stereocenters. The molecule has 5 rings (SSSR count). The molecule has 38 heavy (non-hydrogen) atoms. The number of anilines is 1. The van der Waals surface area contributed by atoms with Crippen molar-refractivity contribution in [3.63, 3.8) is 0 Å². The van der Waals surface area contributed by atoms with Gasteiger partial charge in [0.2, 0.25) is 15.9 Å². The van der Waals surface area contributed by atoms with Crippen LogP contribution in [0.5, 0.6) is 0 Å². The van der Waals surface area contributed by atoms with Crippen LogP contribution in [-0.2, 0) is 19.6 Å². The van der Waals surface area contributed by atoms with Crippen LogP contribution in [0, 0.1) is 5.82 Å². The number of sulfonamides is 1. The van der Waals surface area contributed by atoms with Gasteiger partial charge in [0.05, 0.1) is 17.5 Å². The van der Waals surface area contributed by atoms with Crippen molar-refractivity contribution in [3.05, 3.63) is 53.3 Å². The number of hydrogen-bond acceptors (Lipinski definition) is 6. The summed E-state index contributed by atoms with van der Waals surface area (Å²) in [6, 6.07) is 8.63. The number of fused-ring (bicyclic) bond motifs is 1. The summed E-state index contributed by atoms with van der Waals surface area (Å²) < 4.78 is 46.3. The minimum absolute atomic E-state index is 0.0113. The number of carbonyl (C=O) groups excluding carboxylic acids is 2. The first-order chi connectivity index (χ1) is 17.9. The number of carboxylic acids is 1. The average Bonchev–Trinajstić information content (AvgIpc) is 3.79. The van der Waals surface area contributed by atoms with Gasteiger partial charge in [-0.15, -0.1) is 0 Å². The summed E-state index contributed by atoms with van der Waals surface area (Å²) in [7, 11) is -2.51. The first-order valence-corrected chi connectivity index (χ1v) is 13.9. The molecular weight excluding hydrogens is 517 g/mol.